The number of carbonyl (C=O) groups is 1. The molecule has 1 amide bonds. The Morgan fingerprint density at radius 2 is 1.94 bits per heavy atom. The number of hydrogen-bond donors (Lipinski definition) is 0. The zero-order chi connectivity index (χ0) is 22.0. The summed E-state index contributed by atoms with van der Waals surface area (Å²) in [7, 11) is 1.82. The lowest BCUT2D eigenvalue weighted by Crippen LogP contribution is -2.27. The van der Waals surface area contributed by atoms with E-state index in [0.717, 1.165) is 45.7 Å². The van der Waals surface area contributed by atoms with Gasteiger partial charge >= 0.3 is 0 Å². The van der Waals surface area contributed by atoms with Gasteiger partial charge in [-0.1, -0.05) is 30.3 Å². The molecule has 31 heavy (non-hydrogen) atoms. The van der Waals surface area contributed by atoms with E-state index in [4.69, 9.17) is 8.94 Å². The molecule has 0 aliphatic rings. The largest absolute Gasteiger partial charge is 0.461 e. The van der Waals surface area contributed by atoms with Gasteiger partial charge in [0.2, 0.25) is 0 Å². The molecule has 0 bridgehead atoms. The van der Waals surface area contributed by atoms with Gasteiger partial charge in [0.25, 0.3) is 5.91 Å². The van der Waals surface area contributed by atoms with E-state index in [0.29, 0.717) is 22.9 Å². The number of thioether (sulfide) groups is 1. The molecule has 0 N–H and O–H groups in total. The van der Waals surface area contributed by atoms with Crippen molar-refractivity contribution in [3.8, 4) is 0 Å². The van der Waals surface area contributed by atoms with Gasteiger partial charge in [0, 0.05) is 48.5 Å². The van der Waals surface area contributed by atoms with Crippen molar-refractivity contribution < 1.29 is 13.7 Å². The summed E-state index contributed by atoms with van der Waals surface area (Å²) in [5.41, 5.74) is 4.41. The third-order valence-electron chi connectivity index (χ3n) is 5.38. The van der Waals surface area contributed by atoms with Gasteiger partial charge in [-0.2, -0.15) is 0 Å². The molecule has 0 atom stereocenters. The fourth-order valence-electron chi connectivity index (χ4n) is 3.64. The number of nitrogens with zero attached hydrogens (tertiary/aromatic N) is 3. The highest BCUT2D eigenvalue weighted by molar-refractivity contribution is 7.98. The van der Waals surface area contributed by atoms with Crippen molar-refractivity contribution in [1.82, 2.24) is 15.0 Å². The Morgan fingerprint density at radius 1 is 1.13 bits per heavy atom. The topological polar surface area (TPSA) is 72.4 Å². The van der Waals surface area contributed by atoms with Crippen LogP contribution in [-0.2, 0) is 18.7 Å². The first-order valence-corrected chi connectivity index (χ1v) is 11.2. The fraction of sp³-hybridized carbons (Fsp3) is 0.292. The van der Waals surface area contributed by atoms with E-state index in [9.17, 15) is 4.79 Å². The van der Waals surface area contributed by atoms with E-state index in [1.807, 2.05) is 51.2 Å². The molecular weight excluding hydrogens is 410 g/mol. The fourth-order valence-corrected chi connectivity index (χ4v) is 4.78. The van der Waals surface area contributed by atoms with Crippen molar-refractivity contribution in [1.29, 1.82) is 0 Å². The molecule has 6 nitrogen and oxygen atoms in total. The summed E-state index contributed by atoms with van der Waals surface area (Å²) >= 11 is 1.52. The summed E-state index contributed by atoms with van der Waals surface area (Å²) < 4.78 is 11.2. The van der Waals surface area contributed by atoms with Gasteiger partial charge in [0.15, 0.2) is 0 Å². The maximum atomic E-state index is 13.3. The minimum Gasteiger partial charge on any atom is -0.461 e. The first kappa shape index (κ1) is 21.2. The molecular formula is C24H25N3O3S. The Kier molecular flexibility index (Phi) is 6.13. The smallest absolute Gasteiger partial charge is 0.256 e. The number of pyridine rings is 1. The number of furan rings is 1. The number of para-hydroxylation sites is 1. The molecule has 160 valence electrons. The van der Waals surface area contributed by atoms with Crippen LogP contribution in [0.25, 0.3) is 11.0 Å². The molecule has 0 saturated heterocycles. The summed E-state index contributed by atoms with van der Waals surface area (Å²) in [5, 5.41) is 5.76. The van der Waals surface area contributed by atoms with Gasteiger partial charge in [-0.15, -0.1) is 11.8 Å². The molecule has 0 aliphatic carbocycles. The molecule has 0 unspecified atom stereocenters. The van der Waals surface area contributed by atoms with Crippen molar-refractivity contribution in [2.45, 2.75) is 44.5 Å². The first-order chi connectivity index (χ1) is 15.0. The quantitative estimate of drug-likeness (QED) is 0.354. The summed E-state index contributed by atoms with van der Waals surface area (Å²) in [6, 6.07) is 11.6. The molecule has 4 aromatic rings. The van der Waals surface area contributed by atoms with E-state index >= 15 is 0 Å². The highest BCUT2D eigenvalue weighted by Crippen LogP contribution is 2.30. The molecule has 0 aliphatic heterocycles. The van der Waals surface area contributed by atoms with E-state index in [-0.39, 0.29) is 5.91 Å². The van der Waals surface area contributed by atoms with Crippen molar-refractivity contribution in [2.24, 2.45) is 0 Å². The number of aromatic nitrogens is 2. The molecule has 0 fully saturated rings. The highest BCUT2D eigenvalue weighted by Gasteiger charge is 2.21. The number of hydrogen-bond acceptors (Lipinski definition) is 6. The molecule has 0 radical (unpaired) electrons. The second-order valence-electron chi connectivity index (χ2n) is 7.46. The summed E-state index contributed by atoms with van der Waals surface area (Å²) in [5.74, 6) is 2.29. The lowest BCUT2D eigenvalue weighted by molar-refractivity contribution is 0.0780. The minimum atomic E-state index is -0.0679. The molecule has 3 aromatic heterocycles. The van der Waals surface area contributed by atoms with Crippen LogP contribution in [0.4, 0.5) is 0 Å². The number of fused-ring (bicyclic) bond motifs is 1. The SMILES string of the molecule is CCc1oc2ccccc2c1CN(C)C(=O)c1cccnc1SCc1c(C)noc1C. The standard InChI is InChI=1S/C24H25N3O3S/c1-5-21-19(17-9-6-7-11-22(17)29-21)13-27(4)24(28)18-10-8-12-25-23(18)31-14-20-15(2)26-30-16(20)3/h6-12H,5,13-14H2,1-4H3. The van der Waals surface area contributed by atoms with Crippen LogP contribution in [0.3, 0.4) is 0 Å². The van der Waals surface area contributed by atoms with Gasteiger partial charge in [-0.3, -0.25) is 4.79 Å². The lowest BCUT2D eigenvalue weighted by atomic mass is 10.1. The Balaban J connectivity index is 1.56. The van der Waals surface area contributed by atoms with E-state index < -0.39 is 0 Å². The monoisotopic (exact) mass is 435 g/mol. The molecule has 3 heterocycles. The van der Waals surface area contributed by atoms with E-state index in [2.05, 4.69) is 17.1 Å². The molecule has 4 rings (SSSR count). The normalized spacial score (nSPS) is 11.2. The molecule has 1 aromatic carbocycles. The van der Waals surface area contributed by atoms with Crippen molar-refractivity contribution >= 4 is 28.6 Å². The van der Waals surface area contributed by atoms with Gasteiger partial charge in [-0.05, 0) is 32.0 Å². The minimum absolute atomic E-state index is 0.0679. The average molecular weight is 436 g/mol. The van der Waals surface area contributed by atoms with Gasteiger partial charge in [-0.25, -0.2) is 4.98 Å². The Labute approximate surface area is 185 Å². The number of amides is 1. The zero-order valence-electron chi connectivity index (χ0n) is 18.1. The van der Waals surface area contributed by atoms with Crippen LogP contribution in [0.15, 0.2) is 56.6 Å². The van der Waals surface area contributed by atoms with Crippen molar-refractivity contribution in [3.63, 3.8) is 0 Å². The maximum Gasteiger partial charge on any atom is 0.256 e. The average Bonchev–Trinajstić information content (AvgIpc) is 3.31. The zero-order valence-corrected chi connectivity index (χ0v) is 19.0. The molecule has 7 heteroatoms. The number of benzene rings is 1. The molecule has 0 spiro atoms. The first-order valence-electron chi connectivity index (χ1n) is 10.2. The van der Waals surface area contributed by atoms with Crippen LogP contribution in [-0.4, -0.2) is 28.0 Å². The van der Waals surface area contributed by atoms with E-state index in [1.165, 1.54) is 11.8 Å². The predicted octanol–water partition coefficient (Wildman–Crippen LogP) is 5.56. The second-order valence-corrected chi connectivity index (χ2v) is 8.43. The Bertz CT molecular complexity index is 1210. The Hall–Kier alpha value is -3.06. The van der Waals surface area contributed by atoms with E-state index in [1.54, 1.807) is 17.2 Å². The third kappa shape index (κ3) is 4.23. The van der Waals surface area contributed by atoms with Crippen LogP contribution in [0.5, 0.6) is 0 Å². The van der Waals surface area contributed by atoms with Crippen molar-refractivity contribution in [3.05, 3.63) is 76.5 Å². The van der Waals surface area contributed by atoms with Gasteiger partial charge < -0.3 is 13.8 Å². The van der Waals surface area contributed by atoms with Gasteiger partial charge in [0.05, 0.1) is 11.3 Å². The lowest BCUT2D eigenvalue weighted by Gasteiger charge is -2.19. The maximum absolute atomic E-state index is 13.3. The van der Waals surface area contributed by atoms with Crippen LogP contribution in [0.2, 0.25) is 0 Å². The van der Waals surface area contributed by atoms with Gasteiger partial charge in [0.1, 0.15) is 22.1 Å². The number of aryl methyl sites for hydroxylation is 3. The summed E-state index contributed by atoms with van der Waals surface area (Å²) in [4.78, 5) is 19.5. The van der Waals surface area contributed by atoms with Crippen LogP contribution >= 0.6 is 11.8 Å². The molecule has 0 saturated carbocycles. The predicted molar refractivity (Wildman–Crippen MR) is 121 cm³/mol. The van der Waals surface area contributed by atoms with Crippen LogP contribution in [0, 0.1) is 13.8 Å². The van der Waals surface area contributed by atoms with Crippen molar-refractivity contribution in [2.75, 3.05) is 7.05 Å². The third-order valence-corrected chi connectivity index (χ3v) is 6.41. The van der Waals surface area contributed by atoms with Crippen LogP contribution in [0.1, 0.15) is 45.6 Å². The second kappa shape index (κ2) is 8.98. The summed E-state index contributed by atoms with van der Waals surface area (Å²) in [6.45, 7) is 6.36. The summed E-state index contributed by atoms with van der Waals surface area (Å²) in [6.07, 6.45) is 2.49. The van der Waals surface area contributed by atoms with Crippen LogP contribution < -0.4 is 0 Å². The highest BCUT2D eigenvalue weighted by atomic mass is 32.2. The Morgan fingerprint density at radius 3 is 2.68 bits per heavy atom. The number of carbonyl (C=O) groups excluding carboxylic acids is 1. The number of rotatable bonds is 7.